The summed E-state index contributed by atoms with van der Waals surface area (Å²) in [5.74, 6) is -1.51. The molecule has 0 radical (unpaired) electrons. The molecule has 0 heterocycles. The summed E-state index contributed by atoms with van der Waals surface area (Å²) in [5, 5.41) is 12.1. The number of fused-ring (bicyclic) bond motifs is 2. The van der Waals surface area contributed by atoms with E-state index < -0.39 is 11.9 Å². The van der Waals surface area contributed by atoms with Gasteiger partial charge in [0.2, 0.25) is 5.91 Å². The second kappa shape index (κ2) is 3.34. The number of amides is 1. The van der Waals surface area contributed by atoms with Crippen LogP contribution in [-0.4, -0.2) is 23.0 Å². The van der Waals surface area contributed by atoms with E-state index in [1.165, 1.54) is 0 Å². The number of aliphatic carboxylic acids is 1. The summed E-state index contributed by atoms with van der Waals surface area (Å²) < 4.78 is 0. The molecule has 0 spiro atoms. The number of hydrogen-bond acceptors (Lipinski definition) is 2. The van der Waals surface area contributed by atoms with Gasteiger partial charge in [-0.05, 0) is 31.1 Å². The van der Waals surface area contributed by atoms with E-state index in [-0.39, 0.29) is 23.7 Å². The van der Waals surface area contributed by atoms with Crippen molar-refractivity contribution >= 4 is 11.9 Å². The quantitative estimate of drug-likeness (QED) is 0.692. The van der Waals surface area contributed by atoms with Crippen molar-refractivity contribution in [1.29, 1.82) is 0 Å². The molecule has 2 fully saturated rings. The number of rotatable bonds is 3. The fourth-order valence-corrected chi connectivity index (χ4v) is 3.04. The lowest BCUT2D eigenvalue weighted by Gasteiger charge is -2.23. The Morgan fingerprint density at radius 3 is 2.31 bits per heavy atom. The summed E-state index contributed by atoms with van der Waals surface area (Å²) in [4.78, 5) is 23.2. The van der Waals surface area contributed by atoms with E-state index in [1.54, 1.807) is 0 Å². The van der Waals surface area contributed by atoms with Crippen molar-refractivity contribution in [2.24, 2.45) is 23.7 Å². The predicted octanol–water partition coefficient (Wildman–Crippen LogP) is 0.788. The van der Waals surface area contributed by atoms with E-state index in [1.807, 2.05) is 12.2 Å². The van der Waals surface area contributed by atoms with Gasteiger partial charge < -0.3 is 10.4 Å². The Kier molecular flexibility index (Phi) is 2.06. The van der Waals surface area contributed by atoms with Gasteiger partial charge in [-0.1, -0.05) is 12.2 Å². The molecule has 86 valence electrons. The van der Waals surface area contributed by atoms with Crippen molar-refractivity contribution in [3.63, 3.8) is 0 Å². The molecule has 4 atom stereocenters. The van der Waals surface area contributed by atoms with Gasteiger partial charge in [-0.3, -0.25) is 9.59 Å². The SMILES string of the molecule is O=C(O)[C@@H]1C2C=CC(C2)[C@H]1C(=O)NC1CC1. The number of carbonyl (C=O) groups excluding carboxylic acids is 1. The molecule has 0 aromatic rings. The standard InChI is InChI=1S/C12H15NO3/c14-11(13-8-3-4-8)9-6-1-2-7(5-6)10(9)12(15)16/h1-2,6-10H,3-5H2,(H,13,14)(H,15,16)/t6?,7?,9-,10-/m1/s1. The fourth-order valence-electron chi connectivity index (χ4n) is 3.04. The van der Waals surface area contributed by atoms with E-state index in [0.717, 1.165) is 19.3 Å². The first-order chi connectivity index (χ1) is 7.66. The molecule has 2 unspecified atom stereocenters. The van der Waals surface area contributed by atoms with Gasteiger partial charge in [0.1, 0.15) is 0 Å². The number of nitrogens with one attached hydrogen (secondary N) is 1. The lowest BCUT2D eigenvalue weighted by molar-refractivity contribution is -0.147. The highest BCUT2D eigenvalue weighted by molar-refractivity contribution is 5.87. The van der Waals surface area contributed by atoms with Gasteiger partial charge in [-0.15, -0.1) is 0 Å². The molecular formula is C12H15NO3. The van der Waals surface area contributed by atoms with Crippen LogP contribution in [0.4, 0.5) is 0 Å². The van der Waals surface area contributed by atoms with Gasteiger partial charge in [-0.2, -0.15) is 0 Å². The third-order valence-corrected chi connectivity index (χ3v) is 3.97. The van der Waals surface area contributed by atoms with Crippen molar-refractivity contribution in [2.45, 2.75) is 25.3 Å². The third kappa shape index (κ3) is 1.44. The molecule has 3 rings (SSSR count). The van der Waals surface area contributed by atoms with Crippen molar-refractivity contribution in [2.75, 3.05) is 0 Å². The predicted molar refractivity (Wildman–Crippen MR) is 56.5 cm³/mol. The normalized spacial score (nSPS) is 40.0. The van der Waals surface area contributed by atoms with E-state index in [9.17, 15) is 14.7 Å². The van der Waals surface area contributed by atoms with Crippen LogP contribution in [-0.2, 0) is 9.59 Å². The van der Waals surface area contributed by atoms with Crippen LogP contribution in [0.25, 0.3) is 0 Å². The summed E-state index contributed by atoms with van der Waals surface area (Å²) in [7, 11) is 0. The van der Waals surface area contributed by atoms with Crippen molar-refractivity contribution in [1.82, 2.24) is 5.32 Å². The molecule has 0 aliphatic heterocycles. The zero-order valence-corrected chi connectivity index (χ0v) is 8.93. The lowest BCUT2D eigenvalue weighted by Crippen LogP contribution is -2.40. The number of carbonyl (C=O) groups is 2. The van der Waals surface area contributed by atoms with Gasteiger partial charge in [-0.25, -0.2) is 0 Å². The van der Waals surface area contributed by atoms with Crippen molar-refractivity contribution in [3.8, 4) is 0 Å². The van der Waals surface area contributed by atoms with E-state index >= 15 is 0 Å². The largest absolute Gasteiger partial charge is 0.481 e. The first kappa shape index (κ1) is 9.87. The first-order valence-corrected chi connectivity index (χ1v) is 5.88. The maximum absolute atomic E-state index is 12.0. The van der Waals surface area contributed by atoms with Crippen LogP contribution in [0, 0.1) is 23.7 Å². The van der Waals surface area contributed by atoms with Crippen LogP contribution < -0.4 is 5.32 Å². The minimum Gasteiger partial charge on any atom is -0.481 e. The zero-order valence-electron chi connectivity index (χ0n) is 8.93. The first-order valence-electron chi connectivity index (χ1n) is 5.88. The Hall–Kier alpha value is -1.32. The molecule has 0 aromatic carbocycles. The van der Waals surface area contributed by atoms with Gasteiger partial charge in [0.05, 0.1) is 11.8 Å². The van der Waals surface area contributed by atoms with Crippen LogP contribution in [0.1, 0.15) is 19.3 Å². The monoisotopic (exact) mass is 221 g/mol. The average Bonchev–Trinajstić information content (AvgIpc) is 2.81. The average molecular weight is 221 g/mol. The summed E-state index contributed by atoms with van der Waals surface area (Å²) in [6.45, 7) is 0. The van der Waals surface area contributed by atoms with E-state index in [0.29, 0.717) is 6.04 Å². The maximum atomic E-state index is 12.0. The fraction of sp³-hybridized carbons (Fsp3) is 0.667. The Morgan fingerprint density at radius 2 is 1.75 bits per heavy atom. The summed E-state index contributed by atoms with van der Waals surface area (Å²) >= 11 is 0. The molecule has 4 nitrogen and oxygen atoms in total. The van der Waals surface area contributed by atoms with Crippen LogP contribution in [0.15, 0.2) is 12.2 Å². The second-order valence-electron chi connectivity index (χ2n) is 5.12. The highest BCUT2D eigenvalue weighted by Crippen LogP contribution is 2.48. The van der Waals surface area contributed by atoms with E-state index in [4.69, 9.17) is 0 Å². The number of hydrogen-bond donors (Lipinski definition) is 2. The topological polar surface area (TPSA) is 66.4 Å². The molecule has 3 aliphatic carbocycles. The molecular weight excluding hydrogens is 206 g/mol. The van der Waals surface area contributed by atoms with Crippen molar-refractivity contribution in [3.05, 3.63) is 12.2 Å². The minimum absolute atomic E-state index is 0.0493. The van der Waals surface area contributed by atoms with Gasteiger partial charge in [0, 0.05) is 6.04 Å². The molecule has 2 N–H and O–H groups in total. The Morgan fingerprint density at radius 1 is 1.12 bits per heavy atom. The Labute approximate surface area is 93.7 Å². The van der Waals surface area contributed by atoms with Gasteiger partial charge in [0.15, 0.2) is 0 Å². The van der Waals surface area contributed by atoms with Crippen LogP contribution in [0.2, 0.25) is 0 Å². The smallest absolute Gasteiger partial charge is 0.307 e. The molecule has 16 heavy (non-hydrogen) atoms. The van der Waals surface area contributed by atoms with Crippen LogP contribution in [0.5, 0.6) is 0 Å². The third-order valence-electron chi connectivity index (χ3n) is 3.97. The molecule has 2 bridgehead atoms. The summed E-state index contributed by atoms with van der Waals surface area (Å²) in [6.07, 6.45) is 6.89. The number of allylic oxidation sites excluding steroid dienone is 2. The summed E-state index contributed by atoms with van der Waals surface area (Å²) in [6, 6.07) is 0.310. The van der Waals surface area contributed by atoms with E-state index in [2.05, 4.69) is 5.32 Å². The molecule has 0 saturated heterocycles. The van der Waals surface area contributed by atoms with Crippen LogP contribution >= 0.6 is 0 Å². The Balaban J connectivity index is 1.78. The highest BCUT2D eigenvalue weighted by Gasteiger charge is 2.52. The lowest BCUT2D eigenvalue weighted by atomic mass is 9.82. The highest BCUT2D eigenvalue weighted by atomic mass is 16.4. The molecule has 2 saturated carbocycles. The van der Waals surface area contributed by atoms with Gasteiger partial charge in [0.25, 0.3) is 0 Å². The van der Waals surface area contributed by atoms with Crippen molar-refractivity contribution < 1.29 is 14.7 Å². The minimum atomic E-state index is -0.826. The number of carboxylic acids is 1. The second-order valence-corrected chi connectivity index (χ2v) is 5.12. The molecule has 1 amide bonds. The summed E-state index contributed by atoms with van der Waals surface area (Å²) in [5.41, 5.74) is 0. The zero-order chi connectivity index (χ0) is 11.3. The molecule has 0 aromatic heterocycles. The number of carboxylic acid groups (broad SMARTS) is 1. The molecule has 4 heteroatoms. The van der Waals surface area contributed by atoms with Crippen LogP contribution in [0.3, 0.4) is 0 Å². The van der Waals surface area contributed by atoms with Gasteiger partial charge >= 0.3 is 5.97 Å². The molecule has 3 aliphatic rings. The Bertz CT molecular complexity index is 372. The maximum Gasteiger partial charge on any atom is 0.307 e.